The zero-order valence-electron chi connectivity index (χ0n) is 11.9. The van der Waals surface area contributed by atoms with Crippen LogP contribution in [0.5, 0.6) is 0 Å². The second-order valence-electron chi connectivity index (χ2n) is 4.84. The summed E-state index contributed by atoms with van der Waals surface area (Å²) >= 11 is 0. The molecule has 1 aromatic rings. The molecule has 0 bridgehead atoms. The lowest BCUT2D eigenvalue weighted by atomic mass is 10.4. The van der Waals surface area contributed by atoms with E-state index in [2.05, 4.69) is 15.3 Å². The first-order valence-electron chi connectivity index (χ1n) is 6.87. The molecular weight excluding hydrogens is 261 g/mol. The summed E-state index contributed by atoms with van der Waals surface area (Å²) in [6.45, 7) is 4.27. The normalized spacial score (nSPS) is 14.4. The SMILES string of the molecule is CCNc1ncc(F)c(N(C)CC(=O)N2CCCC2)n1. The second-order valence-corrected chi connectivity index (χ2v) is 4.84. The molecule has 2 rings (SSSR count). The van der Waals surface area contributed by atoms with E-state index in [1.165, 1.54) is 4.90 Å². The molecule has 1 fully saturated rings. The summed E-state index contributed by atoms with van der Waals surface area (Å²) in [6.07, 6.45) is 3.21. The number of nitrogens with one attached hydrogen (secondary N) is 1. The fraction of sp³-hybridized carbons (Fsp3) is 0.615. The van der Waals surface area contributed by atoms with Gasteiger partial charge in [-0.3, -0.25) is 4.79 Å². The van der Waals surface area contributed by atoms with Gasteiger partial charge in [0.1, 0.15) is 0 Å². The third-order valence-electron chi connectivity index (χ3n) is 3.25. The highest BCUT2D eigenvalue weighted by Gasteiger charge is 2.21. The van der Waals surface area contributed by atoms with Gasteiger partial charge in [0.15, 0.2) is 11.6 Å². The quantitative estimate of drug-likeness (QED) is 0.876. The lowest BCUT2D eigenvalue weighted by Crippen LogP contribution is -2.38. The van der Waals surface area contributed by atoms with Crippen LogP contribution in [0.1, 0.15) is 19.8 Å². The fourth-order valence-electron chi connectivity index (χ4n) is 2.21. The summed E-state index contributed by atoms with van der Waals surface area (Å²) in [7, 11) is 1.66. The molecule has 0 aromatic carbocycles. The Morgan fingerprint density at radius 2 is 2.20 bits per heavy atom. The molecule has 1 saturated heterocycles. The summed E-state index contributed by atoms with van der Waals surface area (Å²) in [5, 5.41) is 2.93. The number of nitrogens with zero attached hydrogens (tertiary/aromatic N) is 4. The number of amides is 1. The number of carbonyl (C=O) groups is 1. The molecule has 1 N–H and O–H groups in total. The zero-order chi connectivity index (χ0) is 14.5. The molecular formula is C13H20FN5O. The molecule has 1 aliphatic heterocycles. The Kier molecular flexibility index (Phi) is 4.70. The van der Waals surface area contributed by atoms with E-state index in [-0.39, 0.29) is 18.3 Å². The molecule has 1 amide bonds. The van der Waals surface area contributed by atoms with Crippen molar-refractivity contribution in [2.24, 2.45) is 0 Å². The zero-order valence-corrected chi connectivity index (χ0v) is 11.9. The monoisotopic (exact) mass is 281 g/mol. The number of anilines is 2. The van der Waals surface area contributed by atoms with Gasteiger partial charge in [0.25, 0.3) is 0 Å². The summed E-state index contributed by atoms with van der Waals surface area (Å²) in [6, 6.07) is 0. The van der Waals surface area contributed by atoms with Crippen LogP contribution in [0.15, 0.2) is 6.20 Å². The average Bonchev–Trinajstić information content (AvgIpc) is 2.95. The molecule has 110 valence electrons. The largest absolute Gasteiger partial charge is 0.354 e. The number of halogens is 1. The smallest absolute Gasteiger partial charge is 0.242 e. The topological polar surface area (TPSA) is 61.4 Å². The molecule has 0 aliphatic carbocycles. The van der Waals surface area contributed by atoms with Gasteiger partial charge in [-0.25, -0.2) is 9.37 Å². The minimum atomic E-state index is -0.525. The van der Waals surface area contributed by atoms with E-state index in [0.29, 0.717) is 12.5 Å². The molecule has 1 aromatic heterocycles. The Morgan fingerprint density at radius 1 is 1.50 bits per heavy atom. The van der Waals surface area contributed by atoms with Crippen molar-refractivity contribution in [3.05, 3.63) is 12.0 Å². The number of hydrogen-bond donors (Lipinski definition) is 1. The van der Waals surface area contributed by atoms with Crippen LogP contribution in [0.4, 0.5) is 16.2 Å². The maximum Gasteiger partial charge on any atom is 0.242 e. The molecule has 1 aliphatic rings. The molecule has 6 nitrogen and oxygen atoms in total. The maximum absolute atomic E-state index is 13.8. The average molecular weight is 281 g/mol. The van der Waals surface area contributed by atoms with Gasteiger partial charge in [0.05, 0.1) is 12.7 Å². The molecule has 7 heteroatoms. The van der Waals surface area contributed by atoms with E-state index >= 15 is 0 Å². The van der Waals surface area contributed by atoms with Gasteiger partial charge >= 0.3 is 0 Å². The van der Waals surface area contributed by atoms with E-state index in [0.717, 1.165) is 32.1 Å². The Balaban J connectivity index is 2.05. The molecule has 0 unspecified atom stereocenters. The van der Waals surface area contributed by atoms with Crippen LogP contribution in [0.3, 0.4) is 0 Å². The van der Waals surface area contributed by atoms with E-state index in [1.54, 1.807) is 11.9 Å². The first kappa shape index (κ1) is 14.5. The number of hydrogen-bond acceptors (Lipinski definition) is 5. The molecule has 0 spiro atoms. The summed E-state index contributed by atoms with van der Waals surface area (Å²) in [4.78, 5) is 23.3. The molecule has 2 heterocycles. The predicted molar refractivity (Wildman–Crippen MR) is 75.2 cm³/mol. The van der Waals surface area contributed by atoms with E-state index in [4.69, 9.17) is 0 Å². The lowest BCUT2D eigenvalue weighted by molar-refractivity contribution is -0.128. The summed E-state index contributed by atoms with van der Waals surface area (Å²) < 4.78 is 13.8. The van der Waals surface area contributed by atoms with Crippen molar-refractivity contribution in [1.29, 1.82) is 0 Å². The van der Waals surface area contributed by atoms with Crippen molar-refractivity contribution in [3.63, 3.8) is 0 Å². The third-order valence-corrected chi connectivity index (χ3v) is 3.25. The van der Waals surface area contributed by atoms with E-state index < -0.39 is 5.82 Å². The Labute approximate surface area is 118 Å². The Bertz CT molecular complexity index is 476. The highest BCUT2D eigenvalue weighted by Crippen LogP contribution is 2.16. The second kappa shape index (κ2) is 6.49. The molecule has 0 atom stereocenters. The molecule has 0 radical (unpaired) electrons. The minimum Gasteiger partial charge on any atom is -0.354 e. The maximum atomic E-state index is 13.8. The standard InChI is InChI=1S/C13H20FN5O/c1-3-15-13-16-8-10(14)12(17-13)18(2)9-11(20)19-6-4-5-7-19/h8H,3-7,9H2,1-2H3,(H,15,16,17). The van der Waals surface area contributed by atoms with Crippen LogP contribution >= 0.6 is 0 Å². The van der Waals surface area contributed by atoms with E-state index in [9.17, 15) is 9.18 Å². The Morgan fingerprint density at radius 3 is 2.85 bits per heavy atom. The van der Waals surface area contributed by atoms with Gasteiger partial charge < -0.3 is 15.1 Å². The van der Waals surface area contributed by atoms with Crippen molar-refractivity contribution in [2.75, 3.05) is 43.4 Å². The van der Waals surface area contributed by atoms with Gasteiger partial charge in [0.2, 0.25) is 11.9 Å². The van der Waals surface area contributed by atoms with Crippen molar-refractivity contribution >= 4 is 17.7 Å². The third kappa shape index (κ3) is 3.34. The van der Waals surface area contributed by atoms with Gasteiger partial charge in [-0.2, -0.15) is 4.98 Å². The molecule has 0 saturated carbocycles. The highest BCUT2D eigenvalue weighted by molar-refractivity contribution is 5.81. The van der Waals surface area contributed by atoms with Crippen molar-refractivity contribution in [3.8, 4) is 0 Å². The molecule has 20 heavy (non-hydrogen) atoms. The van der Waals surface area contributed by atoms with Crippen LogP contribution in [0.2, 0.25) is 0 Å². The lowest BCUT2D eigenvalue weighted by Gasteiger charge is -2.22. The van der Waals surface area contributed by atoms with Crippen molar-refractivity contribution < 1.29 is 9.18 Å². The van der Waals surface area contributed by atoms with Crippen LogP contribution in [0, 0.1) is 5.82 Å². The van der Waals surface area contributed by atoms with Gasteiger partial charge in [-0.15, -0.1) is 0 Å². The number of aromatic nitrogens is 2. The van der Waals surface area contributed by atoms with Gasteiger partial charge in [-0.05, 0) is 19.8 Å². The summed E-state index contributed by atoms with van der Waals surface area (Å²) in [5.41, 5.74) is 0. The van der Waals surface area contributed by atoms with Crippen LogP contribution in [-0.4, -0.2) is 54.0 Å². The van der Waals surface area contributed by atoms with Gasteiger partial charge in [-0.1, -0.05) is 0 Å². The minimum absolute atomic E-state index is 0.00742. The number of likely N-dealkylation sites (N-methyl/N-ethyl adjacent to an activating group) is 1. The van der Waals surface area contributed by atoms with Crippen LogP contribution in [-0.2, 0) is 4.79 Å². The predicted octanol–water partition coefficient (Wildman–Crippen LogP) is 1.11. The number of likely N-dealkylation sites (tertiary alicyclic amines) is 1. The van der Waals surface area contributed by atoms with Gasteiger partial charge in [0, 0.05) is 26.7 Å². The highest BCUT2D eigenvalue weighted by atomic mass is 19.1. The first-order valence-corrected chi connectivity index (χ1v) is 6.87. The van der Waals surface area contributed by atoms with Crippen LogP contribution < -0.4 is 10.2 Å². The first-order chi connectivity index (χ1) is 9.61. The Hall–Kier alpha value is -1.92. The number of carbonyl (C=O) groups excluding carboxylic acids is 1. The van der Waals surface area contributed by atoms with Crippen LogP contribution in [0.25, 0.3) is 0 Å². The summed E-state index contributed by atoms with van der Waals surface area (Å²) in [5.74, 6) is -0.00995. The van der Waals surface area contributed by atoms with Crippen molar-refractivity contribution in [1.82, 2.24) is 14.9 Å². The number of rotatable bonds is 5. The van der Waals surface area contributed by atoms with Crippen molar-refractivity contribution in [2.45, 2.75) is 19.8 Å². The van der Waals surface area contributed by atoms with E-state index in [1.807, 2.05) is 6.92 Å². The fourth-order valence-corrected chi connectivity index (χ4v) is 2.21.